The number of nitrogens with zero attached hydrogens (tertiary/aromatic N) is 4. The molecule has 10 nitrogen and oxygen atoms in total. The van der Waals surface area contributed by atoms with Crippen LogP contribution in [0, 0.1) is 11.7 Å². The van der Waals surface area contributed by atoms with E-state index in [-0.39, 0.29) is 42.0 Å². The van der Waals surface area contributed by atoms with Crippen molar-refractivity contribution < 1.29 is 23.6 Å². The molecule has 4 atom stereocenters. The molecule has 0 bridgehead atoms. The summed E-state index contributed by atoms with van der Waals surface area (Å²) < 4.78 is 17.3. The van der Waals surface area contributed by atoms with Crippen LogP contribution in [0.2, 0.25) is 0 Å². The summed E-state index contributed by atoms with van der Waals surface area (Å²) in [5, 5.41) is 9.81. The van der Waals surface area contributed by atoms with Gasteiger partial charge in [0.15, 0.2) is 5.78 Å². The van der Waals surface area contributed by atoms with Gasteiger partial charge in [0.25, 0.3) is 0 Å². The number of amides is 3. The summed E-state index contributed by atoms with van der Waals surface area (Å²) in [6.45, 7) is 10.4. The summed E-state index contributed by atoms with van der Waals surface area (Å²) >= 11 is 0. The molecule has 11 heteroatoms. The summed E-state index contributed by atoms with van der Waals surface area (Å²) in [5.41, 5.74) is 1.83. The first-order valence-electron chi connectivity index (χ1n) is 16.5. The van der Waals surface area contributed by atoms with E-state index in [1.807, 2.05) is 51.2 Å². The molecule has 0 aliphatic carbocycles. The lowest BCUT2D eigenvalue weighted by molar-refractivity contribution is -0.138. The molecule has 2 unspecified atom stereocenters. The van der Waals surface area contributed by atoms with Crippen LogP contribution >= 0.6 is 0 Å². The highest BCUT2D eigenvalue weighted by Gasteiger charge is 2.34. The third kappa shape index (κ3) is 8.71. The molecule has 1 saturated heterocycles. The minimum Gasteiger partial charge on any atom is -0.344 e. The first-order valence-corrected chi connectivity index (χ1v) is 16.5. The van der Waals surface area contributed by atoms with Gasteiger partial charge in [-0.25, -0.2) is 4.39 Å². The second-order valence-corrected chi connectivity index (χ2v) is 12.2. The molecule has 3 amide bonds. The number of hydrogen-bond donors (Lipinski definition) is 2. The number of aromatic nitrogens is 2. The largest absolute Gasteiger partial charge is 0.344 e. The zero-order valence-corrected chi connectivity index (χ0v) is 28.0. The molecule has 252 valence electrons. The Morgan fingerprint density at radius 2 is 1.64 bits per heavy atom. The molecule has 2 aromatic carbocycles. The maximum Gasteiger partial charge on any atom is 0.245 e. The highest BCUT2D eigenvalue weighted by molar-refractivity contribution is 6.00. The molecule has 0 radical (unpaired) electrons. The first-order chi connectivity index (χ1) is 22.6. The number of nitrogens with one attached hydrogen (secondary N) is 2. The van der Waals surface area contributed by atoms with Crippen molar-refractivity contribution in [2.75, 3.05) is 38.5 Å². The molecule has 1 aromatic heterocycles. The minimum atomic E-state index is -0.867. The molecule has 47 heavy (non-hydrogen) atoms. The van der Waals surface area contributed by atoms with Crippen molar-refractivity contribution in [1.29, 1.82) is 0 Å². The second-order valence-electron chi connectivity index (χ2n) is 12.2. The summed E-state index contributed by atoms with van der Waals surface area (Å²) in [5.74, 6) is -3.41. The Hall–Kier alpha value is -4.38. The van der Waals surface area contributed by atoms with E-state index in [0.717, 1.165) is 18.7 Å². The molecular weight excluding hydrogens is 599 g/mol. The minimum absolute atomic E-state index is 0.0237. The van der Waals surface area contributed by atoms with E-state index in [0.29, 0.717) is 37.3 Å². The fourth-order valence-corrected chi connectivity index (χ4v) is 6.23. The standard InChI is InChI=1S/C36H47FN6O4/c1-6-27(25-12-10-9-11-13-25)28(23-32(44)31-16-17-38-43(31)8-3)35(46)39-30-15-14-26(22-29(30)37)24(4)34(40-33(45)7-2)36(47)42-20-18-41(5)19-21-42/h9-17,22,24,27-28,34H,6-8,18-21,23H2,1-5H3,(H,39,46)(H,40,45)/t24-,27?,28?,34+/m0/s1. The van der Waals surface area contributed by atoms with Crippen LogP contribution in [0.15, 0.2) is 60.8 Å². The van der Waals surface area contributed by atoms with E-state index in [1.54, 1.807) is 41.8 Å². The number of hydrogen-bond acceptors (Lipinski definition) is 6. The van der Waals surface area contributed by atoms with Crippen LogP contribution in [-0.4, -0.2) is 82.4 Å². The lowest BCUT2D eigenvalue weighted by atomic mass is 9.80. The zero-order valence-electron chi connectivity index (χ0n) is 28.0. The molecule has 1 fully saturated rings. The van der Waals surface area contributed by atoms with Crippen LogP contribution in [0.4, 0.5) is 10.1 Å². The number of Topliss-reactive ketones (excluding diaryl/α,β-unsaturated/α-hetero) is 1. The van der Waals surface area contributed by atoms with Crippen LogP contribution in [0.25, 0.3) is 0 Å². The van der Waals surface area contributed by atoms with Gasteiger partial charge in [-0.1, -0.05) is 57.2 Å². The number of likely N-dealkylation sites (N-methyl/N-ethyl adjacent to an activating group) is 1. The average Bonchev–Trinajstić information content (AvgIpc) is 3.57. The Kier molecular flexibility index (Phi) is 12.4. The van der Waals surface area contributed by atoms with Crippen molar-refractivity contribution in [3.8, 4) is 0 Å². The SMILES string of the molecule is CCC(=O)N[C@@H](C(=O)N1CCN(C)CC1)[C@@H](C)c1ccc(NC(=O)C(CC(=O)c2ccnn2CC)C(CC)c2ccccc2)c(F)c1. The van der Waals surface area contributed by atoms with E-state index in [2.05, 4.69) is 20.6 Å². The van der Waals surface area contributed by atoms with Crippen molar-refractivity contribution in [1.82, 2.24) is 24.9 Å². The molecule has 4 rings (SSSR count). The number of halogens is 1. The first kappa shape index (κ1) is 35.5. The second kappa shape index (κ2) is 16.4. The van der Waals surface area contributed by atoms with Crippen LogP contribution in [0.3, 0.4) is 0 Å². The maximum atomic E-state index is 15.7. The monoisotopic (exact) mass is 646 g/mol. The van der Waals surface area contributed by atoms with E-state index in [9.17, 15) is 19.2 Å². The predicted molar refractivity (Wildman–Crippen MR) is 180 cm³/mol. The van der Waals surface area contributed by atoms with Crippen LogP contribution in [-0.2, 0) is 20.9 Å². The van der Waals surface area contributed by atoms with Crippen LogP contribution < -0.4 is 10.6 Å². The molecule has 1 aliphatic rings. The topological polar surface area (TPSA) is 117 Å². The summed E-state index contributed by atoms with van der Waals surface area (Å²) in [6.07, 6.45) is 2.29. The van der Waals surface area contributed by atoms with Crippen molar-refractivity contribution in [3.63, 3.8) is 0 Å². The number of benzene rings is 2. The van der Waals surface area contributed by atoms with E-state index in [1.165, 1.54) is 12.1 Å². The van der Waals surface area contributed by atoms with Crippen LogP contribution in [0.1, 0.15) is 80.4 Å². The molecule has 2 N–H and O–H groups in total. The Bertz CT molecular complexity index is 1540. The van der Waals surface area contributed by atoms with Crippen molar-refractivity contribution in [2.45, 2.75) is 71.4 Å². The lowest BCUT2D eigenvalue weighted by Gasteiger charge is -2.36. The fraction of sp³-hybridized carbons (Fsp3) is 0.472. The Balaban J connectivity index is 1.58. The van der Waals surface area contributed by atoms with Gasteiger partial charge in [0.1, 0.15) is 17.6 Å². The number of rotatable bonds is 14. The molecule has 1 aliphatic heterocycles. The smallest absolute Gasteiger partial charge is 0.245 e. The van der Waals surface area contributed by atoms with Gasteiger partial charge in [-0.15, -0.1) is 0 Å². The number of ketones is 1. The quantitative estimate of drug-likeness (QED) is 0.242. The molecule has 0 spiro atoms. The predicted octanol–water partition coefficient (Wildman–Crippen LogP) is 4.84. The van der Waals surface area contributed by atoms with Gasteiger partial charge in [0.05, 0.1) is 11.6 Å². The molecule has 3 aromatic rings. The van der Waals surface area contributed by atoms with Gasteiger partial charge in [-0.3, -0.25) is 23.9 Å². The third-order valence-electron chi connectivity index (χ3n) is 9.19. The van der Waals surface area contributed by atoms with Crippen molar-refractivity contribution in [2.24, 2.45) is 5.92 Å². The number of aryl methyl sites for hydroxylation is 1. The normalized spacial score (nSPS) is 16.2. The number of carbonyl (C=O) groups excluding carboxylic acids is 4. The van der Waals surface area contributed by atoms with Gasteiger partial charge >= 0.3 is 0 Å². The zero-order chi connectivity index (χ0) is 34.1. The van der Waals surface area contributed by atoms with Crippen LogP contribution in [0.5, 0.6) is 0 Å². The van der Waals surface area contributed by atoms with Gasteiger partial charge in [-0.05, 0) is 55.6 Å². The number of carbonyl (C=O) groups is 4. The fourth-order valence-electron chi connectivity index (χ4n) is 6.23. The molecule has 0 saturated carbocycles. The maximum absolute atomic E-state index is 15.7. The van der Waals surface area contributed by atoms with Crippen molar-refractivity contribution in [3.05, 3.63) is 83.4 Å². The molecular formula is C36H47FN6O4. The summed E-state index contributed by atoms with van der Waals surface area (Å²) in [6, 6.07) is 14.8. The third-order valence-corrected chi connectivity index (χ3v) is 9.19. The Morgan fingerprint density at radius 3 is 2.26 bits per heavy atom. The number of anilines is 1. The Morgan fingerprint density at radius 1 is 0.936 bits per heavy atom. The Labute approximate surface area is 276 Å². The van der Waals surface area contributed by atoms with Crippen molar-refractivity contribution >= 4 is 29.2 Å². The van der Waals surface area contributed by atoms with E-state index >= 15 is 4.39 Å². The van der Waals surface area contributed by atoms with Gasteiger partial charge in [-0.2, -0.15) is 5.10 Å². The summed E-state index contributed by atoms with van der Waals surface area (Å²) in [7, 11) is 2.00. The van der Waals surface area contributed by atoms with Gasteiger partial charge in [0.2, 0.25) is 17.7 Å². The highest BCUT2D eigenvalue weighted by Crippen LogP contribution is 2.33. The van der Waals surface area contributed by atoms with E-state index < -0.39 is 29.6 Å². The van der Waals surface area contributed by atoms with Gasteiger partial charge < -0.3 is 20.4 Å². The average molecular weight is 647 g/mol. The lowest BCUT2D eigenvalue weighted by Crippen LogP contribution is -2.55. The van der Waals surface area contributed by atoms with Gasteiger partial charge in [0, 0.05) is 57.7 Å². The number of piperazine rings is 1. The summed E-state index contributed by atoms with van der Waals surface area (Å²) in [4.78, 5) is 57.3. The molecule has 2 heterocycles. The van der Waals surface area contributed by atoms with E-state index in [4.69, 9.17) is 0 Å². The highest BCUT2D eigenvalue weighted by atomic mass is 19.1.